The summed E-state index contributed by atoms with van der Waals surface area (Å²) in [6.07, 6.45) is 6.15. The minimum absolute atomic E-state index is 0.148. The van der Waals surface area contributed by atoms with Gasteiger partial charge < -0.3 is 10.2 Å². The average Bonchev–Trinajstić information content (AvgIpc) is 2.91. The number of rotatable bonds is 4. The van der Waals surface area contributed by atoms with Gasteiger partial charge in [-0.2, -0.15) is 0 Å². The van der Waals surface area contributed by atoms with Crippen LogP contribution < -0.4 is 10.2 Å². The largest absolute Gasteiger partial charge is 0.372 e. The molecule has 2 aromatic carbocycles. The Labute approximate surface area is 161 Å². The molecule has 1 aliphatic heterocycles. The van der Waals surface area contributed by atoms with Gasteiger partial charge in [0.2, 0.25) is 0 Å². The monoisotopic (exact) mass is 386 g/mol. The maximum Gasteiger partial charge on any atom is 0.255 e. The van der Waals surface area contributed by atoms with Crippen molar-refractivity contribution in [1.82, 2.24) is 0 Å². The molecule has 3 rings (SSSR count). The molecule has 0 unspecified atom stereocenters. The first-order valence-corrected chi connectivity index (χ1v) is 11.2. The highest BCUT2D eigenvalue weighted by atomic mass is 32.2. The Balaban J connectivity index is 1.74. The van der Waals surface area contributed by atoms with Gasteiger partial charge in [-0.3, -0.25) is 4.79 Å². The summed E-state index contributed by atoms with van der Waals surface area (Å²) in [5, 5.41) is 2.87. The Morgan fingerprint density at radius 3 is 2.19 bits per heavy atom. The second kappa shape index (κ2) is 8.13. The highest BCUT2D eigenvalue weighted by Crippen LogP contribution is 2.23. The van der Waals surface area contributed by atoms with Gasteiger partial charge in [-0.25, -0.2) is 8.42 Å². The normalized spacial score (nSPS) is 15.3. The molecular formula is C21H26N2O3S. The number of carbonyl (C=O) groups is 1. The molecule has 1 aliphatic rings. The molecule has 1 fully saturated rings. The van der Waals surface area contributed by atoms with Crippen LogP contribution in [0.3, 0.4) is 0 Å². The quantitative estimate of drug-likeness (QED) is 0.861. The fourth-order valence-electron chi connectivity index (χ4n) is 3.36. The zero-order valence-electron chi connectivity index (χ0n) is 15.9. The van der Waals surface area contributed by atoms with Crippen molar-refractivity contribution in [3.63, 3.8) is 0 Å². The van der Waals surface area contributed by atoms with Crippen molar-refractivity contribution in [2.75, 3.05) is 29.6 Å². The van der Waals surface area contributed by atoms with E-state index in [0.29, 0.717) is 11.3 Å². The lowest BCUT2D eigenvalue weighted by molar-refractivity contribution is 0.102. The lowest BCUT2D eigenvalue weighted by Gasteiger charge is -2.22. The molecule has 0 bridgehead atoms. The molecule has 1 N–H and O–H groups in total. The zero-order valence-corrected chi connectivity index (χ0v) is 16.7. The van der Waals surface area contributed by atoms with Gasteiger partial charge in [0.15, 0.2) is 9.84 Å². The Kier molecular flexibility index (Phi) is 5.85. The summed E-state index contributed by atoms with van der Waals surface area (Å²) in [5.41, 5.74) is 2.98. The maximum absolute atomic E-state index is 12.6. The van der Waals surface area contributed by atoms with Crippen LogP contribution in [0.2, 0.25) is 0 Å². The third kappa shape index (κ3) is 4.89. The van der Waals surface area contributed by atoms with Crippen LogP contribution in [0.4, 0.5) is 11.4 Å². The number of benzene rings is 2. The van der Waals surface area contributed by atoms with Gasteiger partial charge in [0, 0.05) is 36.3 Å². The number of nitrogens with zero attached hydrogens (tertiary/aromatic N) is 1. The fourth-order valence-corrected chi connectivity index (χ4v) is 4.01. The van der Waals surface area contributed by atoms with E-state index in [0.717, 1.165) is 24.9 Å². The molecule has 0 spiro atoms. The Hall–Kier alpha value is -2.34. The predicted octanol–water partition coefficient (Wildman–Crippen LogP) is 4.03. The number of carbonyl (C=O) groups excluding carboxylic acids is 1. The number of nitrogens with one attached hydrogen (secondary N) is 1. The van der Waals surface area contributed by atoms with Gasteiger partial charge in [-0.15, -0.1) is 0 Å². The van der Waals surface area contributed by atoms with Gasteiger partial charge in [-0.1, -0.05) is 18.9 Å². The number of hydrogen-bond acceptors (Lipinski definition) is 4. The highest BCUT2D eigenvalue weighted by Gasteiger charge is 2.15. The van der Waals surface area contributed by atoms with Crippen molar-refractivity contribution in [3.8, 4) is 0 Å². The van der Waals surface area contributed by atoms with Crippen LogP contribution in [0.15, 0.2) is 47.4 Å². The molecule has 5 nitrogen and oxygen atoms in total. The minimum Gasteiger partial charge on any atom is -0.372 e. The minimum atomic E-state index is -3.36. The highest BCUT2D eigenvalue weighted by molar-refractivity contribution is 7.90. The van der Waals surface area contributed by atoms with E-state index in [1.165, 1.54) is 43.5 Å². The van der Waals surface area contributed by atoms with Crippen LogP contribution in [0.5, 0.6) is 0 Å². The summed E-state index contributed by atoms with van der Waals surface area (Å²) in [6, 6.07) is 12.5. The second-order valence-electron chi connectivity index (χ2n) is 7.15. The molecule has 0 atom stereocenters. The molecule has 6 heteroatoms. The molecule has 0 aromatic heterocycles. The van der Waals surface area contributed by atoms with Crippen molar-refractivity contribution >= 4 is 27.1 Å². The van der Waals surface area contributed by atoms with E-state index in [-0.39, 0.29) is 10.8 Å². The SMILES string of the molecule is Cc1ccc(S(C)(=O)=O)cc1C(=O)Nc1ccc(N2CCCCCC2)cc1. The lowest BCUT2D eigenvalue weighted by Crippen LogP contribution is -2.23. The fraction of sp³-hybridized carbons (Fsp3) is 0.381. The van der Waals surface area contributed by atoms with E-state index < -0.39 is 9.84 Å². The molecule has 1 heterocycles. The van der Waals surface area contributed by atoms with E-state index in [9.17, 15) is 13.2 Å². The first kappa shape index (κ1) is 19.4. The van der Waals surface area contributed by atoms with Crippen LogP contribution >= 0.6 is 0 Å². The van der Waals surface area contributed by atoms with E-state index >= 15 is 0 Å². The van der Waals surface area contributed by atoms with Crippen LogP contribution in [-0.2, 0) is 9.84 Å². The summed E-state index contributed by atoms with van der Waals surface area (Å²) in [5.74, 6) is -0.305. The maximum atomic E-state index is 12.6. The van der Waals surface area contributed by atoms with Crippen LogP contribution in [-0.4, -0.2) is 33.7 Å². The topological polar surface area (TPSA) is 66.5 Å². The lowest BCUT2D eigenvalue weighted by atomic mass is 10.1. The van der Waals surface area contributed by atoms with Gasteiger partial charge in [-0.05, 0) is 61.7 Å². The number of aryl methyl sites for hydroxylation is 1. The molecule has 0 radical (unpaired) electrons. The van der Waals surface area contributed by atoms with E-state index in [1.807, 2.05) is 24.3 Å². The number of sulfone groups is 1. The molecular weight excluding hydrogens is 360 g/mol. The summed E-state index contributed by atoms with van der Waals surface area (Å²) < 4.78 is 23.5. The summed E-state index contributed by atoms with van der Waals surface area (Å²) >= 11 is 0. The first-order valence-electron chi connectivity index (χ1n) is 9.32. The van der Waals surface area contributed by atoms with Gasteiger partial charge in [0.05, 0.1) is 4.90 Å². The van der Waals surface area contributed by atoms with Crippen molar-refractivity contribution in [2.45, 2.75) is 37.5 Å². The molecule has 0 aliphatic carbocycles. The Morgan fingerprint density at radius 1 is 0.963 bits per heavy atom. The zero-order chi connectivity index (χ0) is 19.4. The third-order valence-corrected chi connectivity index (χ3v) is 6.09. The van der Waals surface area contributed by atoms with E-state index in [1.54, 1.807) is 13.0 Å². The van der Waals surface area contributed by atoms with Crippen molar-refractivity contribution in [3.05, 3.63) is 53.6 Å². The molecule has 1 saturated heterocycles. The third-order valence-electron chi connectivity index (χ3n) is 4.98. The van der Waals surface area contributed by atoms with Crippen molar-refractivity contribution < 1.29 is 13.2 Å². The second-order valence-corrected chi connectivity index (χ2v) is 9.17. The molecule has 144 valence electrons. The van der Waals surface area contributed by atoms with Crippen molar-refractivity contribution in [2.24, 2.45) is 0 Å². The molecule has 0 saturated carbocycles. The Bertz CT molecular complexity index is 913. The predicted molar refractivity (Wildman–Crippen MR) is 109 cm³/mol. The van der Waals surface area contributed by atoms with Crippen LogP contribution in [0.1, 0.15) is 41.6 Å². The summed E-state index contributed by atoms with van der Waals surface area (Å²) in [7, 11) is -3.36. The van der Waals surface area contributed by atoms with Gasteiger partial charge in [0.1, 0.15) is 0 Å². The van der Waals surface area contributed by atoms with Crippen LogP contribution in [0, 0.1) is 6.92 Å². The molecule has 27 heavy (non-hydrogen) atoms. The molecule has 2 aromatic rings. The Morgan fingerprint density at radius 2 is 1.59 bits per heavy atom. The number of amides is 1. The standard InChI is InChI=1S/C21H26N2O3S/c1-16-7-12-19(27(2,25)26)15-20(16)21(24)22-17-8-10-18(11-9-17)23-13-5-3-4-6-14-23/h7-12,15H,3-6,13-14H2,1-2H3,(H,22,24). The van der Waals surface area contributed by atoms with E-state index in [4.69, 9.17) is 0 Å². The smallest absolute Gasteiger partial charge is 0.255 e. The van der Waals surface area contributed by atoms with E-state index in [2.05, 4.69) is 10.2 Å². The number of hydrogen-bond donors (Lipinski definition) is 1. The average molecular weight is 387 g/mol. The molecule has 1 amide bonds. The van der Waals surface area contributed by atoms with Crippen molar-refractivity contribution in [1.29, 1.82) is 0 Å². The first-order chi connectivity index (χ1) is 12.8. The van der Waals surface area contributed by atoms with Crippen LogP contribution in [0.25, 0.3) is 0 Å². The summed E-state index contributed by atoms with van der Waals surface area (Å²) in [6.45, 7) is 3.94. The number of anilines is 2. The van der Waals surface area contributed by atoms with Gasteiger partial charge in [0.25, 0.3) is 5.91 Å². The van der Waals surface area contributed by atoms with Gasteiger partial charge >= 0.3 is 0 Å². The summed E-state index contributed by atoms with van der Waals surface area (Å²) in [4.78, 5) is 15.2.